The first-order chi connectivity index (χ1) is 12.6. The standard InChI is InChI=1S/C20H16BrN3O2/c21-15-8-4-7-13-14-9-10-23-19(18(14)22-17(13)15)16(25)11-24(20(23)26)12-5-2-1-3-6-12/h1-8,19,22H,9-11H2. The van der Waals surface area contributed by atoms with Crippen molar-refractivity contribution in [2.45, 2.75) is 12.5 Å². The zero-order chi connectivity index (χ0) is 17.8. The number of para-hydroxylation sites is 2. The number of hydrogen-bond donors (Lipinski definition) is 1. The number of hydrogen-bond acceptors (Lipinski definition) is 2. The third-order valence-corrected chi connectivity index (χ3v) is 5.94. The van der Waals surface area contributed by atoms with Crippen molar-refractivity contribution < 1.29 is 9.59 Å². The van der Waals surface area contributed by atoms with E-state index in [4.69, 9.17) is 0 Å². The highest BCUT2D eigenvalue weighted by Crippen LogP contribution is 2.39. The number of rotatable bonds is 1. The number of amides is 2. The van der Waals surface area contributed by atoms with Crippen molar-refractivity contribution in [1.82, 2.24) is 9.88 Å². The van der Waals surface area contributed by atoms with E-state index in [1.807, 2.05) is 42.5 Å². The Labute approximate surface area is 158 Å². The van der Waals surface area contributed by atoms with Crippen molar-refractivity contribution in [2.75, 3.05) is 18.0 Å². The van der Waals surface area contributed by atoms with Gasteiger partial charge in [0.05, 0.1) is 17.8 Å². The Bertz CT molecular complexity index is 1040. The molecule has 2 aliphatic rings. The molecule has 1 unspecified atom stereocenters. The molecule has 5 rings (SSSR count). The van der Waals surface area contributed by atoms with Gasteiger partial charge in [-0.25, -0.2) is 4.79 Å². The summed E-state index contributed by atoms with van der Waals surface area (Å²) in [5, 5.41) is 1.12. The number of halogens is 1. The van der Waals surface area contributed by atoms with Crippen LogP contribution in [0.2, 0.25) is 0 Å². The maximum absolute atomic E-state index is 13.1. The van der Waals surface area contributed by atoms with Crippen LogP contribution in [0.25, 0.3) is 10.9 Å². The first-order valence-electron chi connectivity index (χ1n) is 8.60. The monoisotopic (exact) mass is 409 g/mol. The number of carbonyl (C=O) groups is 2. The lowest BCUT2D eigenvalue weighted by Gasteiger charge is -2.42. The smallest absolute Gasteiger partial charge is 0.325 e. The zero-order valence-electron chi connectivity index (χ0n) is 13.9. The predicted octanol–water partition coefficient (Wildman–Crippen LogP) is 4.04. The van der Waals surface area contributed by atoms with Crippen LogP contribution in [0.15, 0.2) is 53.0 Å². The van der Waals surface area contributed by atoms with Gasteiger partial charge in [0.15, 0.2) is 5.78 Å². The highest BCUT2D eigenvalue weighted by molar-refractivity contribution is 9.10. The Kier molecular flexibility index (Phi) is 3.43. The van der Waals surface area contributed by atoms with Crippen molar-refractivity contribution in [1.29, 1.82) is 0 Å². The molecular formula is C20H16BrN3O2. The van der Waals surface area contributed by atoms with E-state index in [1.54, 1.807) is 9.80 Å². The second-order valence-corrected chi connectivity index (χ2v) is 7.55. The summed E-state index contributed by atoms with van der Waals surface area (Å²) in [4.78, 5) is 32.8. The molecule has 6 heteroatoms. The van der Waals surface area contributed by atoms with Crippen LogP contribution in [0.5, 0.6) is 0 Å². The average Bonchev–Trinajstić information content (AvgIpc) is 3.05. The van der Waals surface area contributed by atoms with Crippen LogP contribution >= 0.6 is 15.9 Å². The van der Waals surface area contributed by atoms with Gasteiger partial charge in [-0.05, 0) is 46.1 Å². The van der Waals surface area contributed by atoms with Crippen LogP contribution < -0.4 is 4.90 Å². The van der Waals surface area contributed by atoms with E-state index < -0.39 is 6.04 Å². The van der Waals surface area contributed by atoms with Crippen molar-refractivity contribution in [3.05, 3.63) is 64.3 Å². The molecule has 1 fully saturated rings. The molecule has 0 saturated carbocycles. The third kappa shape index (κ3) is 2.15. The largest absolute Gasteiger partial charge is 0.355 e. The minimum absolute atomic E-state index is 0.0390. The average molecular weight is 410 g/mol. The lowest BCUT2D eigenvalue weighted by atomic mass is 9.93. The first-order valence-corrected chi connectivity index (χ1v) is 9.39. The summed E-state index contributed by atoms with van der Waals surface area (Å²) in [6, 6.07) is 14.8. The highest BCUT2D eigenvalue weighted by atomic mass is 79.9. The number of ketones is 1. The lowest BCUT2D eigenvalue weighted by Crippen LogP contribution is -2.57. The number of aromatic nitrogens is 1. The summed E-state index contributed by atoms with van der Waals surface area (Å²) in [7, 11) is 0. The number of urea groups is 1. The molecular weight excluding hydrogens is 394 g/mol. The minimum Gasteiger partial charge on any atom is -0.355 e. The molecule has 1 atom stereocenters. The highest BCUT2D eigenvalue weighted by Gasteiger charge is 2.44. The maximum Gasteiger partial charge on any atom is 0.325 e. The van der Waals surface area contributed by atoms with Crippen molar-refractivity contribution in [3.8, 4) is 0 Å². The van der Waals surface area contributed by atoms with Gasteiger partial charge in [0.25, 0.3) is 0 Å². The Morgan fingerprint density at radius 3 is 2.65 bits per heavy atom. The van der Waals surface area contributed by atoms with Gasteiger partial charge in [0, 0.05) is 22.1 Å². The molecule has 1 N–H and O–H groups in total. The normalized spacial score (nSPS) is 19.7. The summed E-state index contributed by atoms with van der Waals surface area (Å²) < 4.78 is 0.969. The van der Waals surface area contributed by atoms with Crippen LogP contribution in [0, 0.1) is 0 Å². The summed E-state index contributed by atoms with van der Waals surface area (Å²) in [5.41, 5.74) is 3.76. The molecule has 1 saturated heterocycles. The molecule has 0 aliphatic carbocycles. The number of benzene rings is 2. The van der Waals surface area contributed by atoms with Gasteiger partial charge in [-0.1, -0.05) is 30.3 Å². The van der Waals surface area contributed by atoms with Gasteiger partial charge in [-0.2, -0.15) is 0 Å². The Morgan fingerprint density at radius 2 is 1.85 bits per heavy atom. The van der Waals surface area contributed by atoms with Gasteiger partial charge < -0.3 is 9.88 Å². The number of fused-ring (bicyclic) bond motifs is 5. The van der Waals surface area contributed by atoms with Crippen molar-refractivity contribution in [3.63, 3.8) is 0 Å². The fourth-order valence-electron chi connectivity index (χ4n) is 4.09. The molecule has 0 bridgehead atoms. The fraction of sp³-hybridized carbons (Fsp3) is 0.200. The number of anilines is 1. The topological polar surface area (TPSA) is 56.4 Å². The fourth-order valence-corrected chi connectivity index (χ4v) is 4.56. The number of aromatic amines is 1. The molecule has 1 aromatic heterocycles. The van der Waals surface area contributed by atoms with Crippen LogP contribution in [0.1, 0.15) is 17.3 Å². The SMILES string of the molecule is O=C1CN(c2ccccc2)C(=O)N2CCc3c([nH]c4c(Br)cccc34)C12. The number of carbonyl (C=O) groups excluding carboxylic acids is 2. The lowest BCUT2D eigenvalue weighted by molar-refractivity contribution is -0.123. The molecule has 0 spiro atoms. The molecule has 0 radical (unpaired) electrons. The van der Waals surface area contributed by atoms with E-state index in [2.05, 4.69) is 27.0 Å². The Morgan fingerprint density at radius 1 is 1.04 bits per heavy atom. The van der Waals surface area contributed by atoms with E-state index in [9.17, 15) is 9.59 Å². The second kappa shape index (κ2) is 5.71. The van der Waals surface area contributed by atoms with Gasteiger partial charge in [0.1, 0.15) is 6.04 Å². The molecule has 2 aliphatic heterocycles. The van der Waals surface area contributed by atoms with E-state index in [-0.39, 0.29) is 18.4 Å². The summed E-state index contributed by atoms with van der Waals surface area (Å²) in [6.07, 6.45) is 0.740. The van der Waals surface area contributed by atoms with Gasteiger partial charge >= 0.3 is 6.03 Å². The van der Waals surface area contributed by atoms with Crippen molar-refractivity contribution >= 4 is 44.3 Å². The summed E-state index contributed by atoms with van der Waals surface area (Å²) in [6.45, 7) is 0.644. The predicted molar refractivity (Wildman–Crippen MR) is 103 cm³/mol. The van der Waals surface area contributed by atoms with Gasteiger partial charge in [-0.3, -0.25) is 9.69 Å². The summed E-state index contributed by atoms with van der Waals surface area (Å²) in [5.74, 6) is 0.0390. The van der Waals surface area contributed by atoms with Crippen LogP contribution in [-0.4, -0.2) is 34.8 Å². The van der Waals surface area contributed by atoms with Crippen molar-refractivity contribution in [2.24, 2.45) is 0 Å². The van der Waals surface area contributed by atoms with Gasteiger partial charge in [-0.15, -0.1) is 0 Å². The third-order valence-electron chi connectivity index (χ3n) is 5.27. The molecule has 2 amide bonds. The van der Waals surface area contributed by atoms with E-state index in [0.717, 1.165) is 38.7 Å². The van der Waals surface area contributed by atoms with E-state index in [1.165, 1.54) is 0 Å². The van der Waals surface area contributed by atoms with Crippen LogP contribution in [0.4, 0.5) is 10.5 Å². The van der Waals surface area contributed by atoms with Crippen LogP contribution in [-0.2, 0) is 11.2 Å². The number of nitrogens with zero attached hydrogens (tertiary/aromatic N) is 2. The van der Waals surface area contributed by atoms with Crippen LogP contribution in [0.3, 0.4) is 0 Å². The molecule has 26 heavy (non-hydrogen) atoms. The quantitative estimate of drug-likeness (QED) is 0.659. The second-order valence-electron chi connectivity index (χ2n) is 6.70. The number of Topliss-reactive ketones (excluding diaryl/α,β-unsaturated/α-hetero) is 1. The number of H-pyrrole nitrogens is 1. The Hall–Kier alpha value is -2.60. The molecule has 5 nitrogen and oxygen atoms in total. The zero-order valence-corrected chi connectivity index (χ0v) is 15.5. The molecule has 130 valence electrons. The molecule has 3 aromatic rings. The molecule has 3 heterocycles. The van der Waals surface area contributed by atoms with E-state index in [0.29, 0.717) is 6.54 Å². The molecule has 2 aromatic carbocycles. The minimum atomic E-state index is -0.523. The summed E-state index contributed by atoms with van der Waals surface area (Å²) >= 11 is 3.57. The first kappa shape index (κ1) is 15.6. The maximum atomic E-state index is 13.1. The van der Waals surface area contributed by atoms with E-state index >= 15 is 0 Å². The Balaban J connectivity index is 1.60. The van der Waals surface area contributed by atoms with Gasteiger partial charge in [0.2, 0.25) is 0 Å². The number of nitrogens with one attached hydrogen (secondary N) is 1.